The van der Waals surface area contributed by atoms with E-state index in [2.05, 4.69) is 15.9 Å². The average molecular weight is 483 g/mol. The van der Waals surface area contributed by atoms with Crippen LogP contribution in [-0.2, 0) is 29.2 Å². The van der Waals surface area contributed by atoms with E-state index in [0.29, 0.717) is 25.6 Å². The summed E-state index contributed by atoms with van der Waals surface area (Å²) in [4.78, 5) is 19.2. The molecule has 3 rings (SSSR count). The summed E-state index contributed by atoms with van der Waals surface area (Å²) in [6.45, 7) is 6.71. The van der Waals surface area contributed by atoms with Crippen LogP contribution in [0.4, 0.5) is 10.6 Å². The number of amides is 1. The lowest BCUT2D eigenvalue weighted by Gasteiger charge is -2.27. The molecule has 2 aromatic carbocycles. The van der Waals surface area contributed by atoms with E-state index in [0.717, 1.165) is 21.3 Å². The molecule has 0 bridgehead atoms. The number of anilines is 1. The number of carbonyl (C=O) groups is 1. The number of halogens is 1. The summed E-state index contributed by atoms with van der Waals surface area (Å²) in [7, 11) is 0. The highest BCUT2D eigenvalue weighted by atomic mass is 79.9. The van der Waals surface area contributed by atoms with Gasteiger partial charge in [0.2, 0.25) is 0 Å². The smallest absolute Gasteiger partial charge is 0.416 e. The van der Waals surface area contributed by atoms with Gasteiger partial charge in [0.15, 0.2) is 0 Å². The van der Waals surface area contributed by atoms with Crippen LogP contribution in [0, 0.1) is 0 Å². The fourth-order valence-corrected chi connectivity index (χ4v) is 3.22. The Hall–Kier alpha value is -2.70. The molecule has 0 spiro atoms. The summed E-state index contributed by atoms with van der Waals surface area (Å²) in [5.41, 5.74) is 2.19. The molecule has 1 aromatic heterocycles. The van der Waals surface area contributed by atoms with Crippen LogP contribution in [0.2, 0.25) is 0 Å². The fourth-order valence-electron chi connectivity index (χ4n) is 2.89. The molecule has 3 aromatic rings. The summed E-state index contributed by atoms with van der Waals surface area (Å²) in [5.74, 6) is 0.514. The van der Waals surface area contributed by atoms with Gasteiger partial charge in [0, 0.05) is 4.47 Å². The number of hydrogen-bond acceptors (Lipinski definition) is 4. The van der Waals surface area contributed by atoms with Crippen LogP contribution in [0.25, 0.3) is 0 Å². The molecule has 0 radical (unpaired) electrons. The van der Waals surface area contributed by atoms with Gasteiger partial charge < -0.3 is 9.47 Å². The van der Waals surface area contributed by atoms with Crippen LogP contribution < -0.4 is 4.90 Å². The first-order valence-corrected chi connectivity index (χ1v) is 10.9. The lowest BCUT2D eigenvalue weighted by molar-refractivity contribution is 0.0576. The van der Waals surface area contributed by atoms with E-state index in [1.807, 2.05) is 87.5 Å². The van der Waals surface area contributed by atoms with Crippen molar-refractivity contribution in [3.63, 3.8) is 0 Å². The maximum atomic E-state index is 13.0. The van der Waals surface area contributed by atoms with E-state index < -0.39 is 11.7 Å². The molecule has 0 unspecified atom stereocenters. The van der Waals surface area contributed by atoms with Gasteiger partial charge in [0.25, 0.3) is 0 Å². The Balaban J connectivity index is 1.80. The second-order valence-electron chi connectivity index (χ2n) is 8.13. The van der Waals surface area contributed by atoms with Gasteiger partial charge in [0.05, 0.1) is 25.5 Å². The summed E-state index contributed by atoms with van der Waals surface area (Å²) < 4.78 is 12.3. The number of carbonyl (C=O) groups excluding carboxylic acids is 1. The van der Waals surface area contributed by atoms with Gasteiger partial charge in [-0.1, -0.05) is 60.7 Å². The molecule has 31 heavy (non-hydrogen) atoms. The molecule has 0 aliphatic carbocycles. The SMILES string of the molecule is CC(C)(C)OC(=O)N(Cc1ccccc1)c1ccc(Br)c(COCc2ccccc2)n1. The third-order valence-corrected chi connectivity index (χ3v) is 5.05. The van der Waals surface area contributed by atoms with Gasteiger partial charge in [-0.05, 0) is 60.0 Å². The van der Waals surface area contributed by atoms with Crippen molar-refractivity contribution >= 4 is 27.8 Å². The van der Waals surface area contributed by atoms with Crippen LogP contribution in [-0.4, -0.2) is 16.7 Å². The zero-order valence-electron chi connectivity index (χ0n) is 18.0. The predicted octanol–water partition coefficient (Wildman–Crippen LogP) is 6.50. The van der Waals surface area contributed by atoms with Crippen molar-refractivity contribution in [1.29, 1.82) is 0 Å². The third-order valence-electron chi connectivity index (χ3n) is 4.33. The van der Waals surface area contributed by atoms with E-state index in [1.54, 1.807) is 11.0 Å². The number of benzene rings is 2. The number of pyridine rings is 1. The van der Waals surface area contributed by atoms with Crippen molar-refractivity contribution < 1.29 is 14.3 Å². The summed E-state index contributed by atoms with van der Waals surface area (Å²) in [6.07, 6.45) is -0.442. The standard InChI is InChI=1S/C25H27BrN2O3/c1-25(2,3)31-24(29)28(16-19-10-6-4-7-11-19)23-15-14-21(26)22(27-23)18-30-17-20-12-8-5-9-13-20/h4-15H,16-18H2,1-3H3. The van der Waals surface area contributed by atoms with E-state index in [-0.39, 0.29) is 0 Å². The van der Waals surface area contributed by atoms with Gasteiger partial charge >= 0.3 is 6.09 Å². The minimum atomic E-state index is -0.608. The summed E-state index contributed by atoms with van der Waals surface area (Å²) in [6, 6.07) is 23.4. The molecule has 5 nitrogen and oxygen atoms in total. The Morgan fingerprint density at radius 2 is 1.52 bits per heavy atom. The van der Waals surface area contributed by atoms with Crippen LogP contribution >= 0.6 is 15.9 Å². The highest BCUT2D eigenvalue weighted by molar-refractivity contribution is 9.10. The predicted molar refractivity (Wildman–Crippen MR) is 126 cm³/mol. The number of rotatable bonds is 7. The molecule has 0 N–H and O–H groups in total. The topological polar surface area (TPSA) is 51.7 Å². The quantitative estimate of drug-likeness (QED) is 0.385. The van der Waals surface area contributed by atoms with E-state index in [4.69, 9.17) is 14.5 Å². The Kier molecular flexibility index (Phi) is 7.82. The van der Waals surface area contributed by atoms with Crippen molar-refractivity contribution in [2.24, 2.45) is 0 Å². The molecule has 6 heteroatoms. The average Bonchev–Trinajstić information content (AvgIpc) is 2.74. The molecule has 1 heterocycles. The normalized spacial score (nSPS) is 11.2. The summed E-state index contributed by atoms with van der Waals surface area (Å²) in [5, 5.41) is 0. The Morgan fingerprint density at radius 3 is 2.13 bits per heavy atom. The van der Waals surface area contributed by atoms with E-state index >= 15 is 0 Å². The first-order chi connectivity index (χ1) is 14.8. The Morgan fingerprint density at radius 1 is 0.903 bits per heavy atom. The number of ether oxygens (including phenoxy) is 2. The molecule has 0 atom stereocenters. The van der Waals surface area contributed by atoms with Gasteiger partial charge in [-0.2, -0.15) is 0 Å². The van der Waals surface area contributed by atoms with E-state index in [9.17, 15) is 4.79 Å². The van der Waals surface area contributed by atoms with Gasteiger partial charge in [-0.15, -0.1) is 0 Å². The van der Waals surface area contributed by atoms with Crippen LogP contribution in [0.15, 0.2) is 77.3 Å². The van der Waals surface area contributed by atoms with Crippen molar-refractivity contribution in [2.45, 2.75) is 46.1 Å². The first kappa shape index (κ1) is 23.0. The number of nitrogens with zero attached hydrogens (tertiary/aromatic N) is 2. The van der Waals surface area contributed by atoms with Gasteiger partial charge in [-0.3, -0.25) is 4.90 Å². The minimum absolute atomic E-state index is 0.316. The second-order valence-corrected chi connectivity index (χ2v) is 8.98. The zero-order valence-corrected chi connectivity index (χ0v) is 19.6. The molecule has 0 aliphatic heterocycles. The first-order valence-electron chi connectivity index (χ1n) is 10.1. The molecular formula is C25H27BrN2O3. The van der Waals surface area contributed by atoms with Crippen LogP contribution in [0.1, 0.15) is 37.6 Å². The molecular weight excluding hydrogens is 456 g/mol. The highest BCUT2D eigenvalue weighted by Crippen LogP contribution is 2.24. The lowest BCUT2D eigenvalue weighted by atomic mass is 10.2. The molecule has 162 valence electrons. The monoisotopic (exact) mass is 482 g/mol. The van der Waals surface area contributed by atoms with Crippen molar-refractivity contribution in [1.82, 2.24) is 4.98 Å². The second kappa shape index (κ2) is 10.6. The summed E-state index contributed by atoms with van der Waals surface area (Å²) >= 11 is 3.54. The molecule has 0 fully saturated rings. The molecule has 1 amide bonds. The van der Waals surface area contributed by atoms with Gasteiger partial charge in [0.1, 0.15) is 11.4 Å². The van der Waals surface area contributed by atoms with Crippen molar-refractivity contribution in [3.05, 3.63) is 94.1 Å². The van der Waals surface area contributed by atoms with Crippen molar-refractivity contribution in [3.8, 4) is 0 Å². The highest BCUT2D eigenvalue weighted by Gasteiger charge is 2.25. The molecule has 0 saturated carbocycles. The maximum Gasteiger partial charge on any atom is 0.416 e. The lowest BCUT2D eigenvalue weighted by Crippen LogP contribution is -2.37. The minimum Gasteiger partial charge on any atom is -0.443 e. The zero-order chi connectivity index (χ0) is 22.3. The Labute approximate surface area is 192 Å². The van der Waals surface area contributed by atoms with Gasteiger partial charge in [-0.25, -0.2) is 9.78 Å². The third kappa shape index (κ3) is 7.19. The number of hydrogen-bond donors (Lipinski definition) is 0. The Bertz CT molecular complexity index is 989. The maximum absolute atomic E-state index is 13.0. The van der Waals surface area contributed by atoms with Crippen LogP contribution in [0.3, 0.4) is 0 Å². The van der Waals surface area contributed by atoms with E-state index in [1.165, 1.54) is 0 Å². The largest absolute Gasteiger partial charge is 0.443 e. The molecule has 0 aliphatic rings. The molecule has 0 saturated heterocycles. The number of aromatic nitrogens is 1. The van der Waals surface area contributed by atoms with Crippen LogP contribution in [0.5, 0.6) is 0 Å². The fraction of sp³-hybridized carbons (Fsp3) is 0.280. The van der Waals surface area contributed by atoms with Crippen molar-refractivity contribution in [2.75, 3.05) is 4.90 Å².